The maximum absolute atomic E-state index is 13.1. The smallest absolute Gasteiger partial charge is 0.255 e. The van der Waals surface area contributed by atoms with Gasteiger partial charge in [-0.05, 0) is 58.2 Å². The Morgan fingerprint density at radius 1 is 1.27 bits per heavy atom. The lowest BCUT2D eigenvalue weighted by Crippen LogP contribution is -2.12. The number of nitrogens with one attached hydrogen (secondary N) is 1. The van der Waals surface area contributed by atoms with Crippen LogP contribution in [-0.2, 0) is 0 Å². The maximum atomic E-state index is 13.1. The number of hydrogen-bond donors (Lipinski definition) is 1. The Morgan fingerprint density at radius 2 is 2.05 bits per heavy atom. The average Bonchev–Trinajstić information content (AvgIpc) is 2.45. The second-order valence-corrected chi connectivity index (χ2v) is 6.17. The molecular weight excluding hydrogens is 349 g/mol. The Hall–Kier alpha value is -1.88. The number of hydrogen-bond acceptors (Lipinski definition) is 2. The zero-order valence-corrected chi connectivity index (χ0v) is 14.0. The van der Waals surface area contributed by atoms with Crippen molar-refractivity contribution in [2.75, 3.05) is 11.9 Å². The van der Waals surface area contributed by atoms with Crippen molar-refractivity contribution in [1.29, 1.82) is 0 Å². The van der Waals surface area contributed by atoms with Gasteiger partial charge in [-0.2, -0.15) is 0 Å². The zero-order chi connectivity index (χ0) is 16.1. The lowest BCUT2D eigenvalue weighted by molar-refractivity contribution is 0.102. The minimum atomic E-state index is -0.392. The first-order valence-electron chi connectivity index (χ1n) is 6.95. The van der Waals surface area contributed by atoms with E-state index in [1.807, 2.05) is 0 Å². The van der Waals surface area contributed by atoms with E-state index < -0.39 is 5.82 Å². The molecule has 0 heterocycles. The summed E-state index contributed by atoms with van der Waals surface area (Å²) >= 11 is 3.40. The second-order valence-electron chi connectivity index (χ2n) is 5.31. The highest BCUT2D eigenvalue weighted by Crippen LogP contribution is 2.27. The molecule has 0 fully saturated rings. The number of benzene rings is 2. The standard InChI is InChI=1S/C17H17BrFNO2/c1-11(2)10-22-16-7-6-12(8-15(16)18)17(21)20-14-5-3-4-13(19)9-14/h3-9,11H,10H2,1-2H3,(H,20,21). The molecule has 0 radical (unpaired) electrons. The Balaban J connectivity index is 2.09. The van der Waals surface area contributed by atoms with E-state index in [1.165, 1.54) is 12.1 Å². The number of carbonyl (C=O) groups excluding carboxylic acids is 1. The van der Waals surface area contributed by atoms with Crippen LogP contribution in [0.5, 0.6) is 5.75 Å². The quantitative estimate of drug-likeness (QED) is 0.820. The number of anilines is 1. The van der Waals surface area contributed by atoms with E-state index >= 15 is 0 Å². The fourth-order valence-electron chi connectivity index (χ4n) is 1.79. The van der Waals surface area contributed by atoms with E-state index in [-0.39, 0.29) is 5.91 Å². The third-order valence-corrected chi connectivity index (χ3v) is 3.47. The summed E-state index contributed by atoms with van der Waals surface area (Å²) in [7, 11) is 0. The minimum absolute atomic E-state index is 0.304. The monoisotopic (exact) mass is 365 g/mol. The SMILES string of the molecule is CC(C)COc1ccc(C(=O)Nc2cccc(F)c2)cc1Br. The van der Waals surface area contributed by atoms with Gasteiger partial charge in [-0.15, -0.1) is 0 Å². The molecule has 3 nitrogen and oxygen atoms in total. The summed E-state index contributed by atoms with van der Waals surface area (Å²) in [4.78, 5) is 12.2. The van der Waals surface area contributed by atoms with E-state index in [1.54, 1.807) is 30.3 Å². The molecule has 2 rings (SSSR count). The Morgan fingerprint density at radius 3 is 2.68 bits per heavy atom. The van der Waals surface area contributed by atoms with Gasteiger partial charge < -0.3 is 10.1 Å². The minimum Gasteiger partial charge on any atom is -0.492 e. The molecule has 0 atom stereocenters. The van der Waals surface area contributed by atoms with Gasteiger partial charge in [0.2, 0.25) is 0 Å². The molecular formula is C17H17BrFNO2. The third kappa shape index (κ3) is 4.56. The fourth-order valence-corrected chi connectivity index (χ4v) is 2.28. The summed E-state index contributed by atoms with van der Waals surface area (Å²) in [6.07, 6.45) is 0. The molecule has 0 aliphatic rings. The Kier molecular flexibility index (Phi) is 5.55. The van der Waals surface area contributed by atoms with Crippen LogP contribution in [0.3, 0.4) is 0 Å². The van der Waals surface area contributed by atoms with Gasteiger partial charge in [-0.1, -0.05) is 19.9 Å². The number of rotatable bonds is 5. The Bertz CT molecular complexity index is 673. The van der Waals surface area contributed by atoms with Crippen LogP contribution in [-0.4, -0.2) is 12.5 Å². The first kappa shape index (κ1) is 16.5. The molecule has 1 N–H and O–H groups in total. The normalized spacial score (nSPS) is 10.6. The molecule has 5 heteroatoms. The van der Waals surface area contributed by atoms with Crippen molar-refractivity contribution < 1.29 is 13.9 Å². The summed E-state index contributed by atoms with van der Waals surface area (Å²) in [5, 5.41) is 2.66. The maximum Gasteiger partial charge on any atom is 0.255 e. The number of amides is 1. The predicted molar refractivity (Wildman–Crippen MR) is 88.8 cm³/mol. The molecule has 2 aromatic rings. The summed E-state index contributed by atoms with van der Waals surface area (Å²) in [5.41, 5.74) is 0.884. The van der Waals surface area contributed by atoms with Crippen molar-refractivity contribution in [2.45, 2.75) is 13.8 Å². The largest absolute Gasteiger partial charge is 0.492 e. The Labute approximate surface area is 137 Å². The topological polar surface area (TPSA) is 38.3 Å². The van der Waals surface area contributed by atoms with Crippen LogP contribution in [0.4, 0.5) is 10.1 Å². The fraction of sp³-hybridized carbons (Fsp3) is 0.235. The van der Waals surface area contributed by atoms with E-state index in [9.17, 15) is 9.18 Å². The highest BCUT2D eigenvalue weighted by Gasteiger charge is 2.10. The van der Waals surface area contributed by atoms with E-state index in [0.29, 0.717) is 34.0 Å². The van der Waals surface area contributed by atoms with Gasteiger partial charge >= 0.3 is 0 Å². The van der Waals surface area contributed by atoms with Gasteiger partial charge in [0.15, 0.2) is 0 Å². The first-order chi connectivity index (χ1) is 10.5. The van der Waals surface area contributed by atoms with E-state index in [0.717, 1.165) is 0 Å². The molecule has 0 spiro atoms. The molecule has 1 amide bonds. The lowest BCUT2D eigenvalue weighted by atomic mass is 10.2. The molecule has 0 aliphatic heterocycles. The van der Waals surface area contributed by atoms with Crippen molar-refractivity contribution in [3.8, 4) is 5.75 Å². The third-order valence-electron chi connectivity index (χ3n) is 2.85. The summed E-state index contributed by atoms with van der Waals surface area (Å²) in [5.74, 6) is 0.414. The molecule has 0 saturated carbocycles. The van der Waals surface area contributed by atoms with Gasteiger partial charge in [0, 0.05) is 11.3 Å². The number of carbonyl (C=O) groups is 1. The number of halogens is 2. The van der Waals surface area contributed by atoms with Crippen molar-refractivity contribution in [2.24, 2.45) is 5.92 Å². The molecule has 22 heavy (non-hydrogen) atoms. The van der Waals surface area contributed by atoms with Gasteiger partial charge in [-0.3, -0.25) is 4.79 Å². The zero-order valence-electron chi connectivity index (χ0n) is 12.4. The highest BCUT2D eigenvalue weighted by atomic mass is 79.9. The van der Waals surface area contributed by atoms with Crippen LogP contribution in [0.2, 0.25) is 0 Å². The van der Waals surface area contributed by atoms with Crippen LogP contribution in [0.25, 0.3) is 0 Å². The average molecular weight is 366 g/mol. The summed E-state index contributed by atoms with van der Waals surface area (Å²) < 4.78 is 19.5. The van der Waals surface area contributed by atoms with Crippen molar-refractivity contribution in [3.05, 3.63) is 58.3 Å². The summed E-state index contributed by atoms with van der Waals surface area (Å²) in [6.45, 7) is 4.73. The van der Waals surface area contributed by atoms with Gasteiger partial charge in [0.25, 0.3) is 5.91 Å². The molecule has 0 unspecified atom stereocenters. The molecule has 0 bridgehead atoms. The highest BCUT2D eigenvalue weighted by molar-refractivity contribution is 9.10. The van der Waals surface area contributed by atoms with Crippen LogP contribution in [0.1, 0.15) is 24.2 Å². The van der Waals surface area contributed by atoms with Crippen LogP contribution >= 0.6 is 15.9 Å². The van der Waals surface area contributed by atoms with Crippen molar-refractivity contribution >= 4 is 27.5 Å². The van der Waals surface area contributed by atoms with E-state index in [2.05, 4.69) is 35.1 Å². The molecule has 0 saturated heterocycles. The molecule has 2 aromatic carbocycles. The number of ether oxygens (including phenoxy) is 1. The van der Waals surface area contributed by atoms with Crippen molar-refractivity contribution in [3.63, 3.8) is 0 Å². The summed E-state index contributed by atoms with van der Waals surface area (Å²) in [6, 6.07) is 10.9. The molecule has 0 aromatic heterocycles. The van der Waals surface area contributed by atoms with Crippen LogP contribution in [0, 0.1) is 11.7 Å². The molecule has 0 aliphatic carbocycles. The van der Waals surface area contributed by atoms with Crippen LogP contribution in [0.15, 0.2) is 46.9 Å². The predicted octanol–water partition coefficient (Wildman–Crippen LogP) is 4.88. The second kappa shape index (κ2) is 7.40. The van der Waals surface area contributed by atoms with Gasteiger partial charge in [0.1, 0.15) is 11.6 Å². The first-order valence-corrected chi connectivity index (χ1v) is 7.74. The van der Waals surface area contributed by atoms with Crippen molar-refractivity contribution in [1.82, 2.24) is 0 Å². The van der Waals surface area contributed by atoms with Gasteiger partial charge in [0.05, 0.1) is 11.1 Å². The van der Waals surface area contributed by atoms with Gasteiger partial charge in [-0.25, -0.2) is 4.39 Å². The van der Waals surface area contributed by atoms with Crippen LogP contribution < -0.4 is 10.1 Å². The lowest BCUT2D eigenvalue weighted by Gasteiger charge is -2.11. The van der Waals surface area contributed by atoms with E-state index in [4.69, 9.17) is 4.74 Å². The molecule has 116 valence electrons.